The molecule has 8 heavy (non-hydrogen) atoms. The van der Waals surface area contributed by atoms with E-state index >= 15 is 0 Å². The van der Waals surface area contributed by atoms with Gasteiger partial charge in [-0.05, 0) is 20.1 Å². The maximum absolute atomic E-state index is 5.35. The van der Waals surface area contributed by atoms with Gasteiger partial charge in [-0.1, -0.05) is 0 Å². The fraction of sp³-hybridized carbons (Fsp3) is 0.800. The molecular weight excluding hydrogens is 102 g/mol. The summed E-state index contributed by atoms with van der Waals surface area (Å²) < 4.78 is 0. The Morgan fingerprint density at radius 1 is 1.88 bits per heavy atom. The van der Waals surface area contributed by atoms with Crippen LogP contribution >= 0.6 is 0 Å². The van der Waals surface area contributed by atoms with E-state index in [1.165, 1.54) is 0 Å². The van der Waals surface area contributed by atoms with Gasteiger partial charge >= 0.3 is 0 Å². The standard InChI is InChI=1S/C5H13N3/c1-3-7-4-8-5(2)6/h3,5,8H,4,6H2,1-2H3. The molecule has 0 saturated carbocycles. The number of nitrogens with two attached hydrogens (primary N) is 1. The van der Waals surface area contributed by atoms with Crippen LogP contribution in [0.1, 0.15) is 13.8 Å². The maximum Gasteiger partial charge on any atom is 0.0892 e. The largest absolute Gasteiger partial charge is 0.316 e. The third kappa shape index (κ3) is 5.59. The SMILES string of the molecule is CC=NCNC(C)N. The van der Waals surface area contributed by atoms with Crippen LogP contribution < -0.4 is 11.1 Å². The van der Waals surface area contributed by atoms with Crippen molar-refractivity contribution in [2.45, 2.75) is 20.0 Å². The number of aliphatic imine (C=N–C) groups is 1. The van der Waals surface area contributed by atoms with Crippen molar-refractivity contribution < 1.29 is 0 Å². The molecule has 0 spiro atoms. The van der Waals surface area contributed by atoms with Gasteiger partial charge in [-0.3, -0.25) is 10.3 Å². The lowest BCUT2D eigenvalue weighted by molar-refractivity contribution is 0.581. The molecule has 0 aromatic carbocycles. The fourth-order valence-corrected chi connectivity index (χ4v) is 0.288. The first kappa shape index (κ1) is 7.59. The lowest BCUT2D eigenvalue weighted by Gasteiger charge is -2.02. The van der Waals surface area contributed by atoms with E-state index in [0.717, 1.165) is 0 Å². The lowest BCUT2D eigenvalue weighted by Crippen LogP contribution is -2.34. The third-order valence-corrected chi connectivity index (χ3v) is 0.687. The lowest BCUT2D eigenvalue weighted by atomic mass is 10.6. The summed E-state index contributed by atoms with van der Waals surface area (Å²) in [4.78, 5) is 3.90. The van der Waals surface area contributed by atoms with Crippen LogP contribution in [0.3, 0.4) is 0 Å². The third-order valence-electron chi connectivity index (χ3n) is 0.687. The first-order chi connectivity index (χ1) is 3.77. The zero-order valence-electron chi connectivity index (χ0n) is 5.39. The summed E-state index contributed by atoms with van der Waals surface area (Å²) in [5.74, 6) is 0. The summed E-state index contributed by atoms with van der Waals surface area (Å²) in [7, 11) is 0. The normalized spacial score (nSPS) is 14.9. The molecule has 0 aromatic heterocycles. The van der Waals surface area contributed by atoms with Gasteiger partial charge in [-0.15, -0.1) is 0 Å². The Hall–Kier alpha value is -0.410. The predicted octanol–water partition coefficient (Wildman–Crippen LogP) is -0.0711. The van der Waals surface area contributed by atoms with E-state index in [1.54, 1.807) is 6.21 Å². The number of hydrogen-bond acceptors (Lipinski definition) is 3. The van der Waals surface area contributed by atoms with Gasteiger partial charge in [0.15, 0.2) is 0 Å². The van der Waals surface area contributed by atoms with Gasteiger partial charge in [-0.25, -0.2) is 0 Å². The molecule has 0 radical (unpaired) electrons. The Kier molecular flexibility index (Phi) is 4.50. The average Bonchev–Trinajstić information content (AvgIpc) is 1.66. The molecule has 48 valence electrons. The van der Waals surface area contributed by atoms with E-state index in [2.05, 4.69) is 10.3 Å². The van der Waals surface area contributed by atoms with Crippen LogP contribution in [-0.2, 0) is 0 Å². The summed E-state index contributed by atoms with van der Waals surface area (Å²) in [6, 6.07) is 0. The zero-order chi connectivity index (χ0) is 6.41. The Labute approximate surface area is 50.0 Å². The number of nitrogens with one attached hydrogen (secondary N) is 1. The van der Waals surface area contributed by atoms with E-state index in [9.17, 15) is 0 Å². The van der Waals surface area contributed by atoms with Crippen LogP contribution in [0.2, 0.25) is 0 Å². The van der Waals surface area contributed by atoms with Crippen molar-refractivity contribution in [1.82, 2.24) is 5.32 Å². The van der Waals surface area contributed by atoms with Gasteiger partial charge in [0, 0.05) is 0 Å². The molecule has 0 saturated heterocycles. The summed E-state index contributed by atoms with van der Waals surface area (Å²) in [6.07, 6.45) is 1.79. The van der Waals surface area contributed by atoms with Crippen LogP contribution in [-0.4, -0.2) is 19.0 Å². The van der Waals surface area contributed by atoms with Gasteiger partial charge in [-0.2, -0.15) is 0 Å². The highest BCUT2D eigenvalue weighted by molar-refractivity contribution is 5.52. The van der Waals surface area contributed by atoms with Crippen LogP contribution in [0.4, 0.5) is 0 Å². The topological polar surface area (TPSA) is 50.4 Å². The Balaban J connectivity index is 2.93. The Bertz CT molecular complexity index is 68.1. The van der Waals surface area contributed by atoms with E-state index < -0.39 is 0 Å². The monoisotopic (exact) mass is 115 g/mol. The highest BCUT2D eigenvalue weighted by atomic mass is 15.1. The van der Waals surface area contributed by atoms with Crippen molar-refractivity contribution in [1.29, 1.82) is 0 Å². The second-order valence-corrected chi connectivity index (χ2v) is 1.59. The highest BCUT2D eigenvalue weighted by Gasteiger charge is 1.84. The molecule has 0 aliphatic carbocycles. The molecule has 3 N–H and O–H groups in total. The smallest absolute Gasteiger partial charge is 0.0892 e. The number of nitrogens with zero attached hydrogens (tertiary/aromatic N) is 1. The number of rotatable bonds is 3. The van der Waals surface area contributed by atoms with Crippen LogP contribution in [0, 0.1) is 0 Å². The summed E-state index contributed by atoms with van der Waals surface area (Å²) in [6.45, 7) is 4.38. The molecule has 0 bridgehead atoms. The molecule has 0 fully saturated rings. The van der Waals surface area contributed by atoms with Crippen molar-refractivity contribution in [2.24, 2.45) is 10.7 Å². The van der Waals surface area contributed by atoms with Crippen molar-refractivity contribution in [3.05, 3.63) is 0 Å². The quantitative estimate of drug-likeness (QED) is 0.399. The predicted molar refractivity (Wildman–Crippen MR) is 35.8 cm³/mol. The highest BCUT2D eigenvalue weighted by Crippen LogP contribution is 1.65. The molecule has 0 aliphatic heterocycles. The minimum Gasteiger partial charge on any atom is -0.316 e. The molecular formula is C5H13N3. The maximum atomic E-state index is 5.35. The zero-order valence-corrected chi connectivity index (χ0v) is 5.39. The summed E-state index contributed by atoms with van der Waals surface area (Å²) in [5.41, 5.74) is 5.35. The minimum atomic E-state index is 0.0405. The van der Waals surface area contributed by atoms with Crippen molar-refractivity contribution in [3.8, 4) is 0 Å². The first-order valence-electron chi connectivity index (χ1n) is 2.70. The van der Waals surface area contributed by atoms with Gasteiger partial charge in [0.25, 0.3) is 0 Å². The van der Waals surface area contributed by atoms with E-state index in [0.29, 0.717) is 6.67 Å². The van der Waals surface area contributed by atoms with Crippen LogP contribution in [0.15, 0.2) is 4.99 Å². The van der Waals surface area contributed by atoms with Crippen LogP contribution in [0.25, 0.3) is 0 Å². The Morgan fingerprint density at radius 3 is 2.88 bits per heavy atom. The molecule has 1 atom stereocenters. The summed E-state index contributed by atoms with van der Waals surface area (Å²) >= 11 is 0. The summed E-state index contributed by atoms with van der Waals surface area (Å²) in [5, 5.41) is 2.93. The fourth-order valence-electron chi connectivity index (χ4n) is 0.288. The van der Waals surface area contributed by atoms with Gasteiger partial charge in [0.1, 0.15) is 0 Å². The van der Waals surface area contributed by atoms with Crippen molar-refractivity contribution in [2.75, 3.05) is 6.67 Å². The van der Waals surface area contributed by atoms with Crippen molar-refractivity contribution in [3.63, 3.8) is 0 Å². The average molecular weight is 115 g/mol. The minimum absolute atomic E-state index is 0.0405. The van der Waals surface area contributed by atoms with E-state index in [4.69, 9.17) is 5.73 Å². The molecule has 0 rings (SSSR count). The Morgan fingerprint density at radius 2 is 2.50 bits per heavy atom. The van der Waals surface area contributed by atoms with Crippen molar-refractivity contribution >= 4 is 6.21 Å². The van der Waals surface area contributed by atoms with Gasteiger partial charge < -0.3 is 5.73 Å². The number of hydrogen-bond donors (Lipinski definition) is 2. The second-order valence-electron chi connectivity index (χ2n) is 1.59. The molecule has 3 heteroatoms. The van der Waals surface area contributed by atoms with Crippen LogP contribution in [0.5, 0.6) is 0 Å². The van der Waals surface area contributed by atoms with E-state index in [-0.39, 0.29) is 6.17 Å². The molecule has 0 amide bonds. The van der Waals surface area contributed by atoms with Gasteiger partial charge in [0.2, 0.25) is 0 Å². The van der Waals surface area contributed by atoms with Gasteiger partial charge in [0.05, 0.1) is 12.8 Å². The molecule has 3 nitrogen and oxygen atoms in total. The molecule has 0 heterocycles. The van der Waals surface area contributed by atoms with E-state index in [1.807, 2.05) is 13.8 Å². The first-order valence-corrected chi connectivity index (χ1v) is 2.70. The molecule has 1 unspecified atom stereocenters. The molecule has 0 aromatic rings. The molecule has 0 aliphatic rings. The second kappa shape index (κ2) is 4.74.